The summed E-state index contributed by atoms with van der Waals surface area (Å²) in [5.74, 6) is 2.07. The van der Waals surface area contributed by atoms with Crippen molar-refractivity contribution in [1.29, 1.82) is 0 Å². The highest BCUT2D eigenvalue weighted by Gasteiger charge is 2.31. The average molecular weight is 496 g/mol. The second kappa shape index (κ2) is 10.8. The second-order valence-electron chi connectivity index (χ2n) is 10.7. The van der Waals surface area contributed by atoms with Crippen LogP contribution in [0.4, 0.5) is 11.5 Å². The fourth-order valence-corrected chi connectivity index (χ4v) is 6.69. The van der Waals surface area contributed by atoms with Crippen LogP contribution in [0.25, 0.3) is 0 Å². The van der Waals surface area contributed by atoms with Crippen molar-refractivity contribution in [1.82, 2.24) is 10.2 Å². The lowest BCUT2D eigenvalue weighted by Gasteiger charge is -2.25. The maximum absolute atomic E-state index is 5.38. The molecule has 2 N–H and O–H groups in total. The third kappa shape index (κ3) is 6.01. The molecule has 0 bridgehead atoms. The number of aromatic nitrogens is 2. The van der Waals surface area contributed by atoms with Crippen LogP contribution in [-0.4, -0.2) is 20.7 Å². The van der Waals surface area contributed by atoms with Gasteiger partial charge >= 0.3 is 0 Å². The van der Waals surface area contributed by atoms with E-state index in [2.05, 4.69) is 86.6 Å². The molecule has 2 unspecified atom stereocenters. The van der Waals surface area contributed by atoms with Crippen molar-refractivity contribution < 1.29 is 3.95 Å². The van der Waals surface area contributed by atoms with Gasteiger partial charge in [-0.1, -0.05) is 57.7 Å². The molecule has 2 aliphatic rings. The van der Waals surface area contributed by atoms with Gasteiger partial charge in [0.25, 0.3) is 12.4 Å². The Morgan fingerprint density at radius 1 is 1.26 bits per heavy atom. The maximum Gasteiger partial charge on any atom is 0.263 e. The van der Waals surface area contributed by atoms with E-state index in [0.717, 1.165) is 37.4 Å². The summed E-state index contributed by atoms with van der Waals surface area (Å²) in [6.07, 6.45) is 10.5. The van der Waals surface area contributed by atoms with E-state index in [1.165, 1.54) is 41.0 Å². The quantitative estimate of drug-likeness (QED) is 0.384. The first-order valence-electron chi connectivity index (χ1n) is 12.7. The van der Waals surface area contributed by atoms with E-state index in [1.54, 1.807) is 4.91 Å². The third-order valence-corrected chi connectivity index (χ3v) is 9.08. The fraction of sp³-hybridized carbons (Fsp3) is 0.536. The third-order valence-electron chi connectivity index (χ3n) is 6.96. The lowest BCUT2D eigenvalue weighted by Crippen LogP contribution is -2.19. The Kier molecular flexibility index (Phi) is 7.98. The number of aromatic amines is 1. The second-order valence-corrected chi connectivity index (χ2v) is 12.3. The number of hydrogen-bond donors (Lipinski definition) is 2. The minimum Gasteiger partial charge on any atom is -0.339 e. The number of nitrogens with zero attached hydrogens (tertiary/aromatic N) is 2. The van der Waals surface area contributed by atoms with Crippen LogP contribution in [0, 0.1) is 11.3 Å². The number of thioether (sulfide) groups is 1. The fourth-order valence-electron chi connectivity index (χ4n) is 5.15. The number of hydrogen-bond acceptors (Lipinski definition) is 4. The first kappa shape index (κ1) is 25.2. The molecule has 1 aromatic heterocycles. The number of anilines is 2. The van der Waals surface area contributed by atoms with Crippen LogP contribution >= 0.6 is 11.8 Å². The Balaban J connectivity index is 1.41. The lowest BCUT2D eigenvalue weighted by atomic mass is 9.96. The minimum atomic E-state index is 0.189. The Labute approximate surface area is 214 Å². The molecule has 0 saturated heterocycles. The van der Waals surface area contributed by atoms with Gasteiger partial charge in [0.15, 0.2) is 18.9 Å². The molecule has 6 heteroatoms. The van der Waals surface area contributed by atoms with Crippen molar-refractivity contribution in [3.8, 4) is 0 Å². The molecule has 4 nitrogen and oxygen atoms in total. The van der Waals surface area contributed by atoms with E-state index in [-0.39, 0.29) is 5.41 Å². The van der Waals surface area contributed by atoms with Crippen LogP contribution in [0.2, 0.25) is 0 Å². The van der Waals surface area contributed by atoms with Crippen molar-refractivity contribution in [3.63, 3.8) is 0 Å². The zero-order valence-corrected chi connectivity index (χ0v) is 22.9. The first-order chi connectivity index (χ1) is 16.3. The van der Waals surface area contributed by atoms with Crippen LogP contribution in [0.1, 0.15) is 83.0 Å². The number of benzene rings is 1. The van der Waals surface area contributed by atoms with E-state index in [9.17, 15) is 0 Å². The van der Waals surface area contributed by atoms with E-state index in [4.69, 9.17) is 12.4 Å². The molecule has 1 aliphatic carbocycles. The Bertz CT molecular complexity index is 1090. The molecule has 0 spiro atoms. The molecule has 34 heavy (non-hydrogen) atoms. The number of fused-ring (bicyclic) bond motifs is 1. The number of H-pyrrole nitrogens is 1. The molecule has 1 aliphatic heterocycles. The van der Waals surface area contributed by atoms with Gasteiger partial charge in [-0.2, -0.15) is 9.04 Å². The van der Waals surface area contributed by atoms with Gasteiger partial charge in [-0.15, -0.1) is 0 Å². The van der Waals surface area contributed by atoms with Crippen molar-refractivity contribution in [3.05, 3.63) is 63.0 Å². The summed E-state index contributed by atoms with van der Waals surface area (Å²) in [6.45, 7) is 13.1. The average Bonchev–Trinajstić information content (AvgIpc) is 3.45. The van der Waals surface area contributed by atoms with Gasteiger partial charge in [-0.05, 0) is 71.4 Å². The van der Waals surface area contributed by atoms with Crippen molar-refractivity contribution >= 4 is 35.7 Å². The molecular weight excluding hydrogens is 456 g/mol. The van der Waals surface area contributed by atoms with E-state index in [0.29, 0.717) is 11.8 Å². The van der Waals surface area contributed by atoms with Gasteiger partial charge in [0, 0.05) is 35.3 Å². The monoisotopic (exact) mass is 495 g/mol. The SMILES string of the molecule is C/C=C(\S/C(=C/CC)C1CCC(c2cc(Nc3ccc4c(c3)C[N+](=S)CC4)n[nH]2)C1)C(C)(C)C. The first-order valence-corrected chi connectivity index (χ1v) is 13.9. The summed E-state index contributed by atoms with van der Waals surface area (Å²) < 4.78 is 1.97. The van der Waals surface area contributed by atoms with Gasteiger partial charge in [0.1, 0.15) is 0 Å². The summed E-state index contributed by atoms with van der Waals surface area (Å²) in [7, 11) is 0. The topological polar surface area (TPSA) is 43.7 Å². The van der Waals surface area contributed by atoms with Crippen molar-refractivity contribution in [2.75, 3.05) is 11.9 Å². The Hall–Kier alpha value is -1.92. The van der Waals surface area contributed by atoms with Gasteiger partial charge in [0.05, 0.1) is 0 Å². The van der Waals surface area contributed by atoms with Gasteiger partial charge in [-0.3, -0.25) is 5.10 Å². The standard InChI is InChI=1S/C28H39N4S2/c1-6-8-25(34-26(7-2)28(3,4)5)21-10-9-20(15-21)24-17-27(31-30-24)29-23-12-11-19-13-14-32(33)18-22(19)16-23/h7-8,11-12,16-17,20-21H,6,9-10,13-15,18H2,1-5H3,(H2,29,30,31)/q+1/b25-8+,26-7-. The van der Waals surface area contributed by atoms with Gasteiger partial charge in [-0.25, -0.2) is 0 Å². The van der Waals surface area contributed by atoms with Crippen LogP contribution in [0.5, 0.6) is 0 Å². The number of nitrogens with one attached hydrogen (secondary N) is 2. The molecule has 182 valence electrons. The van der Waals surface area contributed by atoms with Crippen LogP contribution in [0.3, 0.4) is 0 Å². The van der Waals surface area contributed by atoms with Crippen LogP contribution in [0.15, 0.2) is 46.2 Å². The molecule has 0 radical (unpaired) electrons. The highest BCUT2D eigenvalue weighted by molar-refractivity contribution is 8.06. The van der Waals surface area contributed by atoms with Crippen molar-refractivity contribution in [2.45, 2.75) is 79.2 Å². The molecule has 0 amide bonds. The summed E-state index contributed by atoms with van der Waals surface area (Å²) in [6, 6.07) is 8.81. The van der Waals surface area contributed by atoms with Gasteiger partial charge in [0.2, 0.25) is 0 Å². The molecule has 2 heterocycles. The predicted octanol–water partition coefficient (Wildman–Crippen LogP) is 7.81. The molecule has 1 fully saturated rings. The zero-order valence-electron chi connectivity index (χ0n) is 21.3. The summed E-state index contributed by atoms with van der Waals surface area (Å²) in [4.78, 5) is 3.02. The number of allylic oxidation sites excluding steroid dienone is 4. The Morgan fingerprint density at radius 2 is 2.09 bits per heavy atom. The predicted molar refractivity (Wildman–Crippen MR) is 147 cm³/mol. The summed E-state index contributed by atoms with van der Waals surface area (Å²) in [5.41, 5.74) is 5.26. The minimum absolute atomic E-state index is 0.189. The number of rotatable bonds is 7. The smallest absolute Gasteiger partial charge is 0.263 e. The molecular formula is C28H39N4S2+. The lowest BCUT2D eigenvalue weighted by molar-refractivity contribution is -0.518. The van der Waals surface area contributed by atoms with Crippen LogP contribution in [-0.2, 0) is 25.4 Å². The van der Waals surface area contributed by atoms with E-state index >= 15 is 0 Å². The Morgan fingerprint density at radius 3 is 2.82 bits per heavy atom. The van der Waals surface area contributed by atoms with Crippen LogP contribution < -0.4 is 5.32 Å². The van der Waals surface area contributed by atoms with E-state index < -0.39 is 0 Å². The van der Waals surface area contributed by atoms with Gasteiger partial charge < -0.3 is 5.32 Å². The summed E-state index contributed by atoms with van der Waals surface area (Å²) >= 11 is 7.39. The van der Waals surface area contributed by atoms with Crippen molar-refractivity contribution in [2.24, 2.45) is 11.3 Å². The maximum atomic E-state index is 5.38. The normalized spacial score (nSPS) is 21.6. The molecule has 2 aromatic rings. The van der Waals surface area contributed by atoms with E-state index in [1.807, 2.05) is 15.7 Å². The highest BCUT2D eigenvalue weighted by atomic mass is 32.2. The highest BCUT2D eigenvalue weighted by Crippen LogP contribution is 2.49. The molecule has 4 rings (SSSR count). The summed E-state index contributed by atoms with van der Waals surface area (Å²) in [5, 5.41) is 11.4. The molecule has 2 atom stereocenters. The molecule has 1 aromatic carbocycles. The zero-order chi connectivity index (χ0) is 24.3. The largest absolute Gasteiger partial charge is 0.339 e. The molecule has 1 saturated carbocycles.